The quantitative estimate of drug-likeness (QED) is 0.0255. The minimum atomic E-state index is -5.69. The molecule has 0 aromatic carbocycles. The number of nitrogens with two attached hydrogens (primary N) is 1. The van der Waals surface area contributed by atoms with E-state index in [9.17, 15) is 120 Å². The zero-order valence-corrected chi connectivity index (χ0v) is 43.0. The number of amides is 7. The van der Waals surface area contributed by atoms with Crippen LogP contribution >= 0.6 is 31.3 Å². The lowest BCUT2D eigenvalue weighted by atomic mass is 9.97. The van der Waals surface area contributed by atoms with E-state index < -0.39 is 216 Å². The first-order valence-electron chi connectivity index (χ1n) is 21.2. The second kappa shape index (κ2) is 32.3. The number of hydrogen-bond donors (Lipinski definition) is 20. The third-order valence-corrected chi connectivity index (χ3v) is 11.5. The molecule has 0 rings (SSSR count). The van der Waals surface area contributed by atoms with Crippen LogP contribution < -0.4 is 43.0 Å². The number of carbonyl (C=O) groups is 11. The standard InChI is InChI=1S/C33H58N8O31P4/c1-3-14(2)25(41-31(53)21(13-72-76(66,67)68)37-26(48)15(34)4-7-22(42)43)32(54)40-20(12-71-75(63,64)65)30(52)39-19(11-70-74(60,61)62)29(51)38-18(10-69-73(57,58)59)28(50)35-16(5-8-23(44)45)27(49)36-17(33(55)56)6-9-24(46)47/h14-21,25H,3-13,34H2,1-2H3,(H,35,50)(H,36,49)(H,37,48)(H,38,51)(H,39,52)(H,40,54)(H,41,53)(H,42,43)(H,44,45)(H,46,47)(H,55,56)(H2,57,58,59)(H2,60,61,62)(H2,63,64,65)(H2,66,67,68)/t14-,15-,16-,17-,18-,19-,20-,21-,25-/m0/s1. The number of hydrogen-bond acceptors (Lipinski definition) is 20. The summed E-state index contributed by atoms with van der Waals surface area (Å²) in [6, 6.07) is -17.4. The Kier molecular flexibility index (Phi) is 30.0. The topological polar surface area (TPSA) is 646 Å². The third-order valence-electron chi connectivity index (χ3n) is 9.51. The van der Waals surface area contributed by atoms with Gasteiger partial charge in [0, 0.05) is 19.3 Å². The highest BCUT2D eigenvalue weighted by atomic mass is 31.2. The highest BCUT2D eigenvalue weighted by molar-refractivity contribution is 7.47. The van der Waals surface area contributed by atoms with E-state index in [1.165, 1.54) is 13.8 Å². The van der Waals surface area contributed by atoms with Crippen LogP contribution in [-0.4, -0.2) is 200 Å². The van der Waals surface area contributed by atoms with Gasteiger partial charge < -0.3 is 103 Å². The maximum atomic E-state index is 13.8. The average Bonchev–Trinajstić information content (AvgIpc) is 3.27. The van der Waals surface area contributed by atoms with Gasteiger partial charge in [0.1, 0.15) is 42.3 Å². The summed E-state index contributed by atoms with van der Waals surface area (Å²) < 4.78 is 63.7. The minimum absolute atomic E-state index is 0.0622. The van der Waals surface area contributed by atoms with E-state index in [-0.39, 0.29) is 6.42 Å². The van der Waals surface area contributed by atoms with E-state index in [0.717, 1.165) is 0 Å². The molecule has 0 aliphatic heterocycles. The van der Waals surface area contributed by atoms with E-state index in [4.69, 9.17) is 15.9 Å². The molecule has 76 heavy (non-hydrogen) atoms. The number of nitrogens with one attached hydrogen (secondary N) is 7. The molecule has 7 amide bonds. The van der Waals surface area contributed by atoms with Crippen LogP contribution in [0.4, 0.5) is 0 Å². The second-order valence-electron chi connectivity index (χ2n) is 15.6. The van der Waals surface area contributed by atoms with Crippen molar-refractivity contribution in [2.45, 2.75) is 107 Å². The fourth-order valence-electron chi connectivity index (χ4n) is 5.48. The highest BCUT2D eigenvalue weighted by Crippen LogP contribution is 2.38. The number of carboxylic acids is 4. The number of carboxylic acid groups (broad SMARTS) is 4. The van der Waals surface area contributed by atoms with Crippen LogP contribution in [0.5, 0.6) is 0 Å². The first-order valence-corrected chi connectivity index (χ1v) is 27.3. The van der Waals surface area contributed by atoms with Gasteiger partial charge in [0.15, 0.2) is 0 Å². The SMILES string of the molecule is CC[C@H](C)[C@H](NC(=O)[C@H](COP(=O)(O)O)NC(=O)[C@@H](N)CCC(=O)O)C(=O)N[C@@H](COP(=O)(O)O)C(=O)N[C@@H](COP(=O)(O)O)C(=O)N[C@@H](COP(=O)(O)O)C(=O)N[C@@H](CCC(=O)O)C(=O)N[C@@H](CCC(=O)O)C(=O)O. The van der Waals surface area contributed by atoms with Crippen molar-refractivity contribution < 1.29 is 149 Å². The lowest BCUT2D eigenvalue weighted by Gasteiger charge is -2.29. The van der Waals surface area contributed by atoms with Crippen molar-refractivity contribution in [1.29, 1.82) is 0 Å². The molecule has 39 nitrogen and oxygen atoms in total. The molecule has 0 bridgehead atoms. The minimum Gasteiger partial charge on any atom is -0.481 e. The Balaban J connectivity index is 7.18. The molecule has 0 fully saturated rings. The van der Waals surface area contributed by atoms with E-state index >= 15 is 0 Å². The maximum absolute atomic E-state index is 13.8. The van der Waals surface area contributed by atoms with Crippen LogP contribution in [-0.2, 0) is 89.1 Å². The molecule has 0 saturated carbocycles. The molecule has 0 aromatic rings. The largest absolute Gasteiger partial charge is 0.481 e. The summed E-state index contributed by atoms with van der Waals surface area (Å²) in [5.41, 5.74) is 5.65. The summed E-state index contributed by atoms with van der Waals surface area (Å²) in [6.07, 6.45) is -4.69. The molecule has 436 valence electrons. The summed E-state index contributed by atoms with van der Waals surface area (Å²) in [5.74, 6) is -18.5. The molecule has 0 heterocycles. The molecule has 0 radical (unpaired) electrons. The number of aliphatic carboxylic acids is 4. The number of phosphoric ester groups is 4. The molecule has 0 spiro atoms. The van der Waals surface area contributed by atoms with E-state index in [0.29, 0.717) is 0 Å². The van der Waals surface area contributed by atoms with Crippen LogP contribution in [0.1, 0.15) is 58.8 Å². The van der Waals surface area contributed by atoms with Crippen molar-refractivity contribution in [3.8, 4) is 0 Å². The molecule has 9 atom stereocenters. The zero-order chi connectivity index (χ0) is 59.1. The first-order chi connectivity index (χ1) is 34.6. The van der Waals surface area contributed by atoms with Gasteiger partial charge >= 0.3 is 55.2 Å². The van der Waals surface area contributed by atoms with Crippen molar-refractivity contribution in [2.75, 3.05) is 26.4 Å². The van der Waals surface area contributed by atoms with Crippen molar-refractivity contribution >= 4 is 96.5 Å². The highest BCUT2D eigenvalue weighted by Gasteiger charge is 2.38. The van der Waals surface area contributed by atoms with Gasteiger partial charge in [0.05, 0.1) is 32.5 Å². The Hall–Kier alpha value is -5.43. The fraction of sp³-hybridized carbons (Fsp3) is 0.667. The number of carbonyl (C=O) groups excluding carboxylic acids is 7. The predicted octanol–water partition coefficient (Wildman–Crippen LogP) is -7.13. The third kappa shape index (κ3) is 31.6. The second-order valence-corrected chi connectivity index (χ2v) is 20.6. The molecule has 0 saturated heterocycles. The Labute approximate surface area is 427 Å². The van der Waals surface area contributed by atoms with Crippen LogP contribution in [0.15, 0.2) is 0 Å². The van der Waals surface area contributed by atoms with Crippen molar-refractivity contribution in [3.63, 3.8) is 0 Å². The van der Waals surface area contributed by atoms with Gasteiger partial charge in [-0.1, -0.05) is 20.3 Å². The normalized spacial score (nSPS) is 15.6. The molecule has 43 heteroatoms. The Morgan fingerprint density at radius 1 is 0.408 bits per heavy atom. The fourth-order valence-corrected chi connectivity index (χ4v) is 6.85. The molecular weight excluding hydrogens is 1130 g/mol. The van der Waals surface area contributed by atoms with Crippen molar-refractivity contribution in [1.82, 2.24) is 37.2 Å². The predicted molar refractivity (Wildman–Crippen MR) is 241 cm³/mol. The van der Waals surface area contributed by atoms with Crippen molar-refractivity contribution in [3.05, 3.63) is 0 Å². The molecule has 21 N–H and O–H groups in total. The first kappa shape index (κ1) is 70.6. The molecule has 0 aliphatic rings. The lowest BCUT2D eigenvalue weighted by Crippen LogP contribution is -2.62. The van der Waals surface area contributed by atoms with Gasteiger partial charge in [0.2, 0.25) is 41.4 Å². The van der Waals surface area contributed by atoms with E-state index in [2.05, 4.69) is 23.4 Å². The van der Waals surface area contributed by atoms with Gasteiger partial charge in [-0.25, -0.2) is 23.1 Å². The monoisotopic (exact) mass is 1190 g/mol. The van der Waals surface area contributed by atoms with Crippen molar-refractivity contribution in [2.24, 2.45) is 11.7 Å². The summed E-state index contributed by atoms with van der Waals surface area (Å²) in [7, 11) is -22.4. The van der Waals surface area contributed by atoms with Crippen LogP contribution in [0, 0.1) is 5.92 Å². The van der Waals surface area contributed by atoms with Gasteiger partial charge in [-0.15, -0.1) is 0 Å². The summed E-state index contributed by atoms with van der Waals surface area (Å²) in [6.45, 7) is -3.51. The Morgan fingerprint density at radius 3 is 0.987 bits per heavy atom. The molecular formula is C33H58N8O31P4. The smallest absolute Gasteiger partial charge is 0.469 e. The summed E-state index contributed by atoms with van der Waals surface area (Å²) in [5, 5.41) is 49.6. The van der Waals surface area contributed by atoms with Gasteiger partial charge in [-0.2, -0.15) is 0 Å². The van der Waals surface area contributed by atoms with Gasteiger partial charge in [-0.05, 0) is 25.2 Å². The van der Waals surface area contributed by atoms with Crippen LogP contribution in [0.3, 0.4) is 0 Å². The lowest BCUT2D eigenvalue weighted by molar-refractivity contribution is -0.144. The van der Waals surface area contributed by atoms with E-state index in [1.807, 2.05) is 21.3 Å². The summed E-state index contributed by atoms with van der Waals surface area (Å²) in [4.78, 5) is 214. The summed E-state index contributed by atoms with van der Waals surface area (Å²) >= 11 is 0. The van der Waals surface area contributed by atoms with E-state index in [1.54, 1.807) is 10.6 Å². The van der Waals surface area contributed by atoms with Crippen LogP contribution in [0.2, 0.25) is 0 Å². The maximum Gasteiger partial charge on any atom is 0.469 e. The number of phosphoric acid groups is 4. The number of rotatable bonds is 38. The molecule has 0 unspecified atom stereocenters. The zero-order valence-electron chi connectivity index (χ0n) is 39.5. The van der Waals surface area contributed by atoms with Gasteiger partial charge in [0.25, 0.3) is 0 Å². The Bertz CT molecular complexity index is 2290. The van der Waals surface area contributed by atoms with Gasteiger partial charge in [-0.3, -0.25) is 66.0 Å². The molecule has 0 aliphatic carbocycles. The average molecular weight is 1190 g/mol. The van der Waals surface area contributed by atoms with Crippen LogP contribution in [0.25, 0.3) is 0 Å². The molecule has 0 aromatic heterocycles. The Morgan fingerprint density at radius 2 is 0.671 bits per heavy atom.